The molecule has 0 atom stereocenters. The van der Waals surface area contributed by atoms with Gasteiger partial charge in [-0.3, -0.25) is 0 Å². The topological polar surface area (TPSA) is 25.8 Å². The summed E-state index contributed by atoms with van der Waals surface area (Å²) >= 11 is 2.16. The molecule has 0 saturated carbocycles. The van der Waals surface area contributed by atoms with Crippen LogP contribution in [-0.4, -0.2) is 22.1 Å². The van der Waals surface area contributed by atoms with Crippen LogP contribution in [0.1, 0.15) is 12.7 Å². The van der Waals surface area contributed by atoms with Gasteiger partial charge in [0.05, 0.1) is 0 Å². The van der Waals surface area contributed by atoms with Crippen LogP contribution in [0.25, 0.3) is 0 Å². The Morgan fingerprint density at radius 1 is 1.50 bits per heavy atom. The van der Waals surface area contributed by atoms with Crippen LogP contribution in [0.3, 0.4) is 0 Å². The number of hydrogen-bond donors (Lipinski definition) is 0. The second kappa shape index (κ2) is 7.55. The number of thioether (sulfide) groups is 1. The van der Waals surface area contributed by atoms with Crippen molar-refractivity contribution in [3.8, 4) is 0 Å². The Hall–Kier alpha value is 1.14. The smallest absolute Gasteiger partial charge is 0.445 e. The van der Waals surface area contributed by atoms with Crippen LogP contribution >= 0.6 is 23.3 Å². The van der Waals surface area contributed by atoms with Crippen LogP contribution in [0.4, 0.5) is 12.9 Å². The predicted octanol–water partition coefficient (Wildman–Crippen LogP) is 0.139. The first-order chi connectivity index (χ1) is 6.93. The minimum Gasteiger partial charge on any atom is -0.445 e. The van der Waals surface area contributed by atoms with E-state index in [1.165, 1.54) is 0 Å². The molecule has 1 aromatic rings. The van der Waals surface area contributed by atoms with Gasteiger partial charge in [0.15, 0.2) is 4.34 Å². The number of aryl methyl sites for hydroxylation is 1. The predicted molar refractivity (Wildman–Crippen MR) is 58.2 cm³/mol. The molecule has 2 nitrogen and oxygen atoms in total. The summed E-state index contributed by atoms with van der Waals surface area (Å²) in [6.45, 7) is -0.0230. The average molecular weight is 292 g/mol. The Balaban J connectivity index is 0.00000225. The summed E-state index contributed by atoms with van der Waals surface area (Å²) in [4.78, 5) is 4.05. The van der Waals surface area contributed by atoms with Crippen molar-refractivity contribution in [3.05, 3.63) is 17.9 Å². The zero-order valence-electron chi connectivity index (χ0n) is 9.04. The van der Waals surface area contributed by atoms with E-state index in [0.717, 1.165) is 23.3 Å². The molecule has 0 bridgehead atoms. The molecule has 0 aliphatic carbocycles. The van der Waals surface area contributed by atoms with E-state index in [-0.39, 0.29) is 57.1 Å². The fourth-order valence-corrected chi connectivity index (χ4v) is 2.36. The Labute approximate surface area is 143 Å². The molecule has 0 aromatic carbocycles. The SMILES string of the molecule is C=C(CSc1nc(CC)ns1)[B-](F)(F)F.[K+]. The van der Waals surface area contributed by atoms with Crippen LogP contribution in [0.15, 0.2) is 16.4 Å². The Bertz CT molecular complexity index is 356. The van der Waals surface area contributed by atoms with E-state index in [2.05, 4.69) is 15.9 Å². The summed E-state index contributed by atoms with van der Waals surface area (Å²) < 4.78 is 41.0. The van der Waals surface area contributed by atoms with Gasteiger partial charge in [-0.05, 0) is 17.3 Å². The van der Waals surface area contributed by atoms with Crippen molar-refractivity contribution in [1.29, 1.82) is 0 Å². The van der Waals surface area contributed by atoms with Crippen molar-refractivity contribution in [1.82, 2.24) is 9.36 Å². The van der Waals surface area contributed by atoms with E-state index in [0.29, 0.717) is 16.6 Å². The van der Waals surface area contributed by atoms with Crippen molar-refractivity contribution in [2.75, 3.05) is 5.75 Å². The first-order valence-electron chi connectivity index (χ1n) is 4.26. The maximum Gasteiger partial charge on any atom is 1.00 e. The van der Waals surface area contributed by atoms with E-state index >= 15 is 0 Å². The molecule has 0 unspecified atom stereocenters. The zero-order chi connectivity index (χ0) is 11.5. The van der Waals surface area contributed by atoms with Crippen LogP contribution in [0.2, 0.25) is 0 Å². The number of halogens is 3. The van der Waals surface area contributed by atoms with E-state index in [1.54, 1.807) is 0 Å². The molecule has 0 amide bonds. The Kier molecular flexibility index (Phi) is 8.09. The molecule has 84 valence electrons. The quantitative estimate of drug-likeness (QED) is 0.570. The first kappa shape index (κ1) is 17.1. The minimum atomic E-state index is -4.93. The minimum absolute atomic E-state index is 0. The van der Waals surface area contributed by atoms with Gasteiger partial charge in [-0.2, -0.15) is 4.37 Å². The molecular formula is C7H9BF3KN2S2. The van der Waals surface area contributed by atoms with Crippen molar-refractivity contribution in [2.45, 2.75) is 17.7 Å². The molecule has 0 fully saturated rings. The summed E-state index contributed by atoms with van der Waals surface area (Å²) in [5.41, 5.74) is -0.687. The van der Waals surface area contributed by atoms with Gasteiger partial charge in [0.1, 0.15) is 5.82 Å². The van der Waals surface area contributed by atoms with Gasteiger partial charge >= 0.3 is 58.4 Å². The van der Waals surface area contributed by atoms with Gasteiger partial charge in [0.25, 0.3) is 0 Å². The van der Waals surface area contributed by atoms with Crippen molar-refractivity contribution in [3.63, 3.8) is 0 Å². The molecule has 1 aromatic heterocycles. The van der Waals surface area contributed by atoms with Crippen LogP contribution < -0.4 is 51.4 Å². The van der Waals surface area contributed by atoms with Gasteiger partial charge in [-0.1, -0.05) is 18.7 Å². The maximum absolute atomic E-state index is 12.1. The number of nitrogens with zero attached hydrogens (tertiary/aromatic N) is 2. The third-order valence-corrected chi connectivity index (χ3v) is 3.59. The molecule has 0 aliphatic rings. The summed E-state index contributed by atoms with van der Waals surface area (Å²) in [5, 5.41) is 0. The van der Waals surface area contributed by atoms with Crippen LogP contribution in [-0.2, 0) is 6.42 Å². The molecule has 1 heterocycles. The van der Waals surface area contributed by atoms with E-state index in [4.69, 9.17) is 0 Å². The maximum atomic E-state index is 12.1. The van der Waals surface area contributed by atoms with Crippen molar-refractivity contribution < 1.29 is 64.3 Å². The largest absolute Gasteiger partial charge is 1.00 e. The molecule has 16 heavy (non-hydrogen) atoms. The van der Waals surface area contributed by atoms with Gasteiger partial charge in [-0.25, -0.2) is 4.98 Å². The fourth-order valence-electron chi connectivity index (χ4n) is 0.689. The molecule has 9 heteroatoms. The normalized spacial score (nSPS) is 11.0. The second-order valence-corrected chi connectivity index (χ2v) is 4.83. The molecular weight excluding hydrogens is 283 g/mol. The van der Waals surface area contributed by atoms with E-state index in [1.807, 2.05) is 6.92 Å². The molecule has 0 aliphatic heterocycles. The van der Waals surface area contributed by atoms with E-state index in [9.17, 15) is 12.9 Å². The van der Waals surface area contributed by atoms with Crippen LogP contribution in [0.5, 0.6) is 0 Å². The van der Waals surface area contributed by atoms with Gasteiger partial charge < -0.3 is 12.9 Å². The Morgan fingerprint density at radius 2 is 2.12 bits per heavy atom. The van der Waals surface area contributed by atoms with Gasteiger partial charge in [0, 0.05) is 6.42 Å². The number of rotatable bonds is 5. The summed E-state index contributed by atoms with van der Waals surface area (Å²) in [5.74, 6) is 0.507. The third-order valence-electron chi connectivity index (χ3n) is 1.61. The Morgan fingerprint density at radius 3 is 2.56 bits per heavy atom. The summed E-state index contributed by atoms with van der Waals surface area (Å²) in [6.07, 6.45) is 0.696. The van der Waals surface area contributed by atoms with Gasteiger partial charge in [0.2, 0.25) is 0 Å². The zero-order valence-corrected chi connectivity index (χ0v) is 13.8. The molecule has 0 spiro atoms. The number of aromatic nitrogens is 2. The molecule has 0 N–H and O–H groups in total. The van der Waals surface area contributed by atoms with Crippen molar-refractivity contribution in [2.24, 2.45) is 0 Å². The number of hydrogen-bond acceptors (Lipinski definition) is 4. The second-order valence-electron chi connectivity index (χ2n) is 2.85. The molecule has 0 radical (unpaired) electrons. The fraction of sp³-hybridized carbons (Fsp3) is 0.429. The van der Waals surface area contributed by atoms with Gasteiger partial charge in [-0.15, -0.1) is 12.1 Å². The summed E-state index contributed by atoms with van der Waals surface area (Å²) in [6, 6.07) is 0. The van der Waals surface area contributed by atoms with Crippen LogP contribution in [0, 0.1) is 0 Å². The molecule has 0 saturated heterocycles. The van der Waals surface area contributed by atoms with Crippen molar-refractivity contribution >= 4 is 30.3 Å². The third kappa shape index (κ3) is 5.65. The monoisotopic (exact) mass is 292 g/mol. The summed E-state index contributed by atoms with van der Waals surface area (Å²) in [7, 11) is 0. The first-order valence-corrected chi connectivity index (χ1v) is 6.02. The standard InChI is InChI=1S/C7H9BF3N2S2.K/c1-3-6-12-7(15-13-6)14-4-5(2)8(9,10)11;/h2-4H2,1H3;/q-1;+1. The van der Waals surface area contributed by atoms with E-state index < -0.39 is 12.4 Å². The molecule has 1 rings (SSSR count). The average Bonchev–Trinajstić information content (AvgIpc) is 2.60.